The topological polar surface area (TPSA) is 183 Å². The van der Waals surface area contributed by atoms with Gasteiger partial charge in [0.1, 0.15) is 16.9 Å². The lowest BCUT2D eigenvalue weighted by Gasteiger charge is -2.33. The third-order valence-electron chi connectivity index (χ3n) is 5.82. The molecule has 1 aliphatic carbocycles. The Kier molecular flexibility index (Phi) is 6.78. The van der Waals surface area contributed by atoms with Gasteiger partial charge in [-0.25, -0.2) is 9.55 Å². The monoisotopic (exact) mass is 561 g/mol. The molecule has 13 nitrogen and oxygen atoms in total. The van der Waals surface area contributed by atoms with E-state index in [4.69, 9.17) is 47.0 Å². The highest BCUT2D eigenvalue weighted by Crippen LogP contribution is 2.67. The van der Waals surface area contributed by atoms with Crippen LogP contribution in [0.15, 0.2) is 12.3 Å². The molecular weight excluding hydrogens is 539 g/mol. The second-order valence-electron chi connectivity index (χ2n) is 8.84. The van der Waals surface area contributed by atoms with E-state index in [2.05, 4.69) is 14.5 Å². The Balaban J connectivity index is 1.56. The largest absolute Gasteiger partial charge is 0.472 e. The number of hydrogen-bond donors (Lipinski definition) is 4. The van der Waals surface area contributed by atoms with Gasteiger partial charge in [-0.2, -0.15) is 4.98 Å². The number of phosphoric acid groups is 1. The van der Waals surface area contributed by atoms with Crippen LogP contribution in [0.3, 0.4) is 0 Å². The van der Waals surface area contributed by atoms with Crippen molar-refractivity contribution in [2.45, 2.75) is 45.0 Å². The van der Waals surface area contributed by atoms with Crippen LogP contribution in [0.4, 0.5) is 0 Å². The predicted molar refractivity (Wildman–Crippen MR) is 118 cm³/mol. The zero-order valence-electron chi connectivity index (χ0n) is 18.1. The van der Waals surface area contributed by atoms with E-state index in [1.807, 2.05) is 6.92 Å². The first-order chi connectivity index (χ1) is 15.5. The van der Waals surface area contributed by atoms with E-state index in [0.717, 1.165) is 0 Å². The van der Waals surface area contributed by atoms with Gasteiger partial charge in [-0.05, 0) is 31.5 Å². The van der Waals surface area contributed by atoms with Crippen molar-refractivity contribution in [3.8, 4) is 0 Å². The Morgan fingerprint density at radius 1 is 1.24 bits per heavy atom. The number of hydrogen-bond acceptors (Lipinski definition) is 9. The maximum absolute atomic E-state index is 12.0. The molecule has 0 aromatic carbocycles. The minimum absolute atomic E-state index is 0.0629. The highest BCUT2D eigenvalue weighted by molar-refractivity contribution is 7.53. The molecular formula is C17H23Cl2N3O10P2. The molecule has 3 unspecified atom stereocenters. The van der Waals surface area contributed by atoms with Gasteiger partial charge in [0.25, 0.3) is 0 Å². The average Bonchev–Trinajstić information content (AvgIpc) is 2.94. The van der Waals surface area contributed by atoms with Crippen molar-refractivity contribution in [3.05, 3.63) is 22.7 Å². The van der Waals surface area contributed by atoms with Gasteiger partial charge < -0.3 is 33.8 Å². The van der Waals surface area contributed by atoms with Crippen LogP contribution in [0.25, 0.3) is 11.0 Å². The van der Waals surface area contributed by atoms with Crippen LogP contribution in [0.5, 0.6) is 0 Å². The van der Waals surface area contributed by atoms with Crippen molar-refractivity contribution < 1.29 is 47.4 Å². The van der Waals surface area contributed by atoms with E-state index < -0.39 is 57.3 Å². The molecule has 6 atom stereocenters. The van der Waals surface area contributed by atoms with Crippen LogP contribution in [0.1, 0.15) is 27.0 Å². The molecule has 0 spiro atoms. The number of ether oxygens (including phenoxy) is 2. The summed E-state index contributed by atoms with van der Waals surface area (Å²) in [6.45, 7) is 4.40. The Morgan fingerprint density at radius 3 is 2.53 bits per heavy atom. The molecule has 4 rings (SSSR count). The van der Waals surface area contributed by atoms with Gasteiger partial charge >= 0.3 is 15.4 Å². The highest BCUT2D eigenvalue weighted by atomic mass is 35.5. The van der Waals surface area contributed by atoms with E-state index in [9.17, 15) is 19.1 Å². The minimum Gasteiger partial charge on any atom is -0.366 e. The normalized spacial score (nSPS) is 31.0. The van der Waals surface area contributed by atoms with E-state index in [1.165, 1.54) is 13.8 Å². The molecule has 1 saturated carbocycles. The lowest BCUT2D eigenvalue weighted by Crippen LogP contribution is -2.40. The zero-order chi connectivity index (χ0) is 25.3. The third kappa shape index (κ3) is 5.22. The van der Waals surface area contributed by atoms with Crippen molar-refractivity contribution in [2.24, 2.45) is 11.3 Å². The molecule has 1 saturated heterocycles. The Morgan fingerprint density at radius 2 is 1.91 bits per heavy atom. The Bertz CT molecular complexity index is 1200. The van der Waals surface area contributed by atoms with Gasteiger partial charge in [-0.15, -0.1) is 0 Å². The van der Waals surface area contributed by atoms with Crippen LogP contribution in [0, 0.1) is 11.3 Å². The smallest absolute Gasteiger partial charge is 0.366 e. The quantitative estimate of drug-likeness (QED) is 0.152. The van der Waals surface area contributed by atoms with Crippen molar-refractivity contribution >= 4 is 49.7 Å². The molecule has 0 radical (unpaired) electrons. The van der Waals surface area contributed by atoms with Crippen LogP contribution < -0.4 is 0 Å². The van der Waals surface area contributed by atoms with Crippen LogP contribution >= 0.6 is 38.6 Å². The fourth-order valence-electron chi connectivity index (χ4n) is 4.23. The first-order valence-corrected chi connectivity index (χ1v) is 14.0. The van der Waals surface area contributed by atoms with Gasteiger partial charge in [0.2, 0.25) is 5.28 Å². The molecule has 1 aliphatic heterocycles. The zero-order valence-corrected chi connectivity index (χ0v) is 21.4. The first kappa shape index (κ1) is 26.4. The summed E-state index contributed by atoms with van der Waals surface area (Å²) in [7, 11) is -9.39. The number of rotatable bonds is 9. The molecule has 0 amide bonds. The standard InChI is InChI=1S/C17H23Cl2N3O10P2/c1-16(2,23)32-11-14(22-5-4-8-12(18)20-15(19)21-13(8)22)31-10-9(17(10,11)3)6-29-34(27,28)30-7-33(24,25)26/h4-5,9-11,14,23H,6-7H2,1-3H3,(H,27,28)(H2,24,25,26)/t9?,10?,11-,14+,17-/m0/s1. The highest BCUT2D eigenvalue weighted by Gasteiger charge is 2.75. The summed E-state index contributed by atoms with van der Waals surface area (Å²) >= 11 is 12.1. The molecule has 2 aromatic rings. The number of halogens is 2. The van der Waals surface area contributed by atoms with Crippen molar-refractivity contribution in [3.63, 3.8) is 0 Å². The van der Waals surface area contributed by atoms with Gasteiger partial charge in [-0.1, -0.05) is 18.5 Å². The molecule has 190 valence electrons. The molecule has 0 bridgehead atoms. The number of fused-ring (bicyclic) bond motifs is 2. The van der Waals surface area contributed by atoms with Gasteiger partial charge in [0.15, 0.2) is 18.4 Å². The molecule has 2 aliphatic rings. The van der Waals surface area contributed by atoms with E-state index >= 15 is 0 Å². The summed E-state index contributed by atoms with van der Waals surface area (Å²) < 4.78 is 46.0. The average molecular weight is 562 g/mol. The fraction of sp³-hybridized carbons (Fsp3) is 0.647. The second kappa shape index (κ2) is 8.72. The van der Waals surface area contributed by atoms with Crippen molar-refractivity contribution in [1.29, 1.82) is 0 Å². The molecule has 3 heterocycles. The van der Waals surface area contributed by atoms with E-state index in [1.54, 1.807) is 16.8 Å². The van der Waals surface area contributed by atoms with Crippen LogP contribution in [-0.2, 0) is 27.7 Å². The summed E-state index contributed by atoms with van der Waals surface area (Å²) in [5, 5.41) is 11.0. The number of aromatic nitrogens is 3. The summed E-state index contributed by atoms with van der Waals surface area (Å²) in [6, 6.07) is 1.69. The molecule has 17 heteroatoms. The fourth-order valence-corrected chi connectivity index (χ4v) is 6.28. The lowest BCUT2D eigenvalue weighted by atomic mass is 9.97. The number of nitrogens with zero attached hydrogens (tertiary/aromatic N) is 3. The van der Waals surface area contributed by atoms with Crippen molar-refractivity contribution in [1.82, 2.24) is 14.5 Å². The van der Waals surface area contributed by atoms with Crippen molar-refractivity contribution in [2.75, 3.05) is 13.0 Å². The summed E-state index contributed by atoms with van der Waals surface area (Å²) in [6.07, 6.45) is -1.61. The van der Waals surface area contributed by atoms with Crippen LogP contribution in [0.2, 0.25) is 10.4 Å². The molecule has 34 heavy (non-hydrogen) atoms. The summed E-state index contributed by atoms with van der Waals surface area (Å²) in [4.78, 5) is 35.5. The Labute approximate surface area is 203 Å². The van der Waals surface area contributed by atoms with Gasteiger partial charge in [0.05, 0.1) is 18.1 Å². The van der Waals surface area contributed by atoms with E-state index in [0.29, 0.717) is 11.0 Å². The summed E-state index contributed by atoms with van der Waals surface area (Å²) in [5.74, 6) is -2.00. The maximum Gasteiger partial charge on any atom is 0.472 e. The SMILES string of the molecule is CC(C)(O)O[C@H]1[C@H](n2ccc3c(Cl)nc(Cl)nc32)OC2C(COP(=O)(O)OCP(=O)(O)O)[C@@]21C. The van der Waals surface area contributed by atoms with Crippen LogP contribution in [-0.4, -0.2) is 65.3 Å². The van der Waals surface area contributed by atoms with E-state index in [-0.39, 0.29) is 17.0 Å². The van der Waals surface area contributed by atoms with Gasteiger partial charge in [0, 0.05) is 17.5 Å². The second-order valence-corrected chi connectivity index (χ2v) is 12.6. The summed E-state index contributed by atoms with van der Waals surface area (Å²) in [5.41, 5.74) is -0.367. The lowest BCUT2D eigenvalue weighted by molar-refractivity contribution is -0.241. The predicted octanol–water partition coefficient (Wildman–Crippen LogP) is 2.65. The van der Waals surface area contributed by atoms with Gasteiger partial charge in [-0.3, -0.25) is 13.6 Å². The number of phosphoric ester groups is 1. The molecule has 4 N–H and O–H groups in total. The third-order valence-corrected chi connectivity index (χ3v) is 7.88. The molecule has 2 fully saturated rings. The Hall–Kier alpha value is -0.660. The minimum atomic E-state index is -4.73. The maximum atomic E-state index is 12.0. The first-order valence-electron chi connectivity index (χ1n) is 9.93. The molecule has 2 aromatic heterocycles. The number of aliphatic hydroxyl groups is 1.